The van der Waals surface area contributed by atoms with Crippen LogP contribution in [0.2, 0.25) is 0 Å². The molecule has 4 aromatic rings. The van der Waals surface area contributed by atoms with Gasteiger partial charge in [-0.2, -0.15) is 0 Å². The molecule has 1 aliphatic heterocycles. The first-order valence-corrected chi connectivity index (χ1v) is 24.6. The molecular weight excluding hydrogens is 840 g/mol. The van der Waals surface area contributed by atoms with Crippen molar-refractivity contribution in [2.45, 2.75) is 122 Å². The Kier molecular flexibility index (Phi) is 13.8. The molecule has 2 aromatic heterocycles. The molecule has 7 rings (SSSR count). The number of aromatic nitrogens is 2. The first kappa shape index (κ1) is 46.2. The monoisotopic (exact) mass is 900 g/mol. The number of allylic oxidation sites excluding steroid dienone is 1. The lowest BCUT2D eigenvalue weighted by atomic mass is 9.77. The van der Waals surface area contributed by atoms with Gasteiger partial charge in [0.2, 0.25) is 13.3 Å². The second-order valence-corrected chi connectivity index (χ2v) is 22.2. The summed E-state index contributed by atoms with van der Waals surface area (Å²) in [5, 5.41) is 5.48. The molecule has 3 fully saturated rings. The number of nitrogens with zero attached hydrogens (tertiary/aromatic N) is 3. The second kappa shape index (κ2) is 18.7. The highest BCUT2D eigenvalue weighted by atomic mass is 32.1. The summed E-state index contributed by atoms with van der Waals surface area (Å²) in [5.74, 6) is -0.644. The van der Waals surface area contributed by atoms with E-state index in [1.54, 1.807) is 42.4 Å². The molecule has 2 aromatic carbocycles. The van der Waals surface area contributed by atoms with E-state index in [1.165, 1.54) is 18.4 Å². The highest BCUT2D eigenvalue weighted by Gasteiger charge is 2.65. The molecule has 63 heavy (non-hydrogen) atoms. The van der Waals surface area contributed by atoms with Crippen molar-refractivity contribution >= 4 is 52.4 Å². The first-order chi connectivity index (χ1) is 29.9. The minimum absolute atomic E-state index is 0.0481. The van der Waals surface area contributed by atoms with Crippen molar-refractivity contribution in [3.8, 4) is 28.6 Å². The second-order valence-electron chi connectivity index (χ2n) is 18.7. The number of benzene rings is 2. The standard InChI is InChI=1S/C48H61N4O9PS/c1-9-31-24-48(31,62(56,57)27-30-13-12-16-33(19-30)58-7)25-42(53)41-21-35(26-52(41)45(55)37(47(4,5)6)22-44(54)61-32-14-10-11-15-32)60-43-23-39(40-28-63-46(51-40)49-29(2)3)50-38-20-34(59-8)17-18-36(38)43/h9,12-13,16-20,23,28-29,31-32,35,37,41H,1,10-11,14-15,21-22,24-27H2,2-8H3,(H,49,51)(H,56,57)/t31-,35-,37-,41+,48-/m1/s1. The molecule has 13 nitrogen and oxygen atoms in total. The number of ether oxygens (including phenoxy) is 4. The van der Waals surface area contributed by atoms with Crippen LogP contribution in [0.25, 0.3) is 22.3 Å². The van der Waals surface area contributed by atoms with Crippen LogP contribution in [0.5, 0.6) is 17.2 Å². The molecule has 338 valence electrons. The van der Waals surface area contributed by atoms with Crippen molar-refractivity contribution < 1.29 is 42.8 Å². The third-order valence-corrected chi connectivity index (χ3v) is 16.4. The van der Waals surface area contributed by atoms with Gasteiger partial charge in [0.25, 0.3) is 0 Å². The van der Waals surface area contributed by atoms with Crippen molar-refractivity contribution in [2.24, 2.45) is 17.3 Å². The van der Waals surface area contributed by atoms with Crippen molar-refractivity contribution in [1.82, 2.24) is 14.9 Å². The number of pyridine rings is 1. The zero-order valence-corrected chi connectivity index (χ0v) is 39.1. The van der Waals surface area contributed by atoms with E-state index in [0.717, 1.165) is 30.8 Å². The molecule has 2 saturated carbocycles. The number of anilines is 1. The molecule has 6 atom stereocenters. The van der Waals surface area contributed by atoms with Crippen LogP contribution in [0.4, 0.5) is 5.13 Å². The molecular formula is C48H61N4O9PS. The molecule has 1 unspecified atom stereocenters. The van der Waals surface area contributed by atoms with E-state index >= 15 is 4.79 Å². The van der Waals surface area contributed by atoms with Crippen LogP contribution in [-0.2, 0) is 29.8 Å². The topological polar surface area (TPSA) is 166 Å². The largest absolute Gasteiger partial charge is 0.497 e. The molecule has 3 heterocycles. The maximum absolute atomic E-state index is 15.0. The highest BCUT2D eigenvalue weighted by molar-refractivity contribution is 7.59. The summed E-state index contributed by atoms with van der Waals surface area (Å²) < 4.78 is 38.1. The summed E-state index contributed by atoms with van der Waals surface area (Å²) in [5.41, 5.74) is 1.79. The van der Waals surface area contributed by atoms with Crippen LogP contribution in [-0.4, -0.2) is 87.6 Å². The molecule has 2 aliphatic carbocycles. The molecule has 0 radical (unpaired) electrons. The van der Waals surface area contributed by atoms with E-state index in [9.17, 15) is 19.0 Å². The van der Waals surface area contributed by atoms with Gasteiger partial charge < -0.3 is 34.1 Å². The Morgan fingerprint density at radius 1 is 1.03 bits per heavy atom. The van der Waals surface area contributed by atoms with Gasteiger partial charge in [-0.1, -0.05) is 39.0 Å². The average molecular weight is 901 g/mol. The number of rotatable bonds is 18. The number of hydrogen-bond acceptors (Lipinski definition) is 12. The molecule has 15 heteroatoms. The Morgan fingerprint density at radius 2 is 1.76 bits per heavy atom. The molecule has 0 spiro atoms. The van der Waals surface area contributed by atoms with E-state index < -0.39 is 42.0 Å². The number of fused-ring (bicyclic) bond motifs is 1. The maximum Gasteiger partial charge on any atom is 0.306 e. The normalized spacial score (nSPS) is 22.7. The van der Waals surface area contributed by atoms with E-state index in [-0.39, 0.29) is 61.7 Å². The first-order valence-electron chi connectivity index (χ1n) is 21.9. The van der Waals surface area contributed by atoms with Crippen LogP contribution in [0, 0.1) is 17.3 Å². The number of likely N-dealkylation sites (tertiary alicyclic amines) is 1. The van der Waals surface area contributed by atoms with Crippen LogP contribution >= 0.6 is 18.7 Å². The average Bonchev–Trinajstić information content (AvgIpc) is 3.63. The van der Waals surface area contributed by atoms with Crippen molar-refractivity contribution in [2.75, 3.05) is 26.1 Å². The summed E-state index contributed by atoms with van der Waals surface area (Å²) in [6.07, 6.45) is 4.36. The quantitative estimate of drug-likeness (QED) is 0.0553. The summed E-state index contributed by atoms with van der Waals surface area (Å²) in [4.78, 5) is 66.6. The maximum atomic E-state index is 15.0. The number of carbonyl (C=O) groups excluding carboxylic acids is 3. The zero-order valence-electron chi connectivity index (χ0n) is 37.4. The van der Waals surface area contributed by atoms with E-state index in [1.807, 2.05) is 64.3 Å². The molecule has 3 aliphatic rings. The molecule has 1 amide bonds. The number of nitrogens with one attached hydrogen (secondary N) is 1. The lowest BCUT2D eigenvalue weighted by Gasteiger charge is -2.35. The number of thiazole rings is 1. The number of ketones is 1. The van der Waals surface area contributed by atoms with Gasteiger partial charge in [0, 0.05) is 41.8 Å². The SMILES string of the molecule is C=C[C@@H]1C[C@]1(CC(=O)[C@@H]1C[C@@H](Oc2cc(-c3csc(NC(C)C)n3)nc3cc(OC)ccc23)CN1C(=O)[C@@H](CC(=O)OC1CCCC1)C(C)(C)C)P(=O)(O)Cc1cccc(OC)c1. The van der Waals surface area contributed by atoms with E-state index in [2.05, 4.69) is 11.9 Å². The Hall–Kier alpha value is -4.78. The Labute approximate surface area is 374 Å². The summed E-state index contributed by atoms with van der Waals surface area (Å²) in [7, 11) is -0.916. The van der Waals surface area contributed by atoms with Crippen LogP contribution in [0.15, 0.2) is 66.6 Å². The van der Waals surface area contributed by atoms with E-state index in [0.29, 0.717) is 51.5 Å². The predicted molar refractivity (Wildman–Crippen MR) is 246 cm³/mol. The fourth-order valence-electron chi connectivity index (χ4n) is 9.17. The van der Waals surface area contributed by atoms with Crippen molar-refractivity contribution in [3.63, 3.8) is 0 Å². The van der Waals surface area contributed by atoms with Gasteiger partial charge >= 0.3 is 5.97 Å². The van der Waals surface area contributed by atoms with Gasteiger partial charge in [-0.3, -0.25) is 18.9 Å². The zero-order chi connectivity index (χ0) is 45.3. The minimum atomic E-state index is -4.04. The number of esters is 1. The van der Waals surface area contributed by atoms with Crippen LogP contribution < -0.4 is 19.5 Å². The lowest BCUT2D eigenvalue weighted by molar-refractivity contribution is -0.156. The number of Topliss-reactive ketones (excluding diaryl/α,β-unsaturated/α-hetero) is 1. The number of hydrogen-bond donors (Lipinski definition) is 2. The summed E-state index contributed by atoms with van der Waals surface area (Å²) in [6, 6.07) is 13.6. The third kappa shape index (κ3) is 10.3. The number of carbonyl (C=O) groups is 3. The van der Waals surface area contributed by atoms with Crippen LogP contribution in [0.1, 0.15) is 91.5 Å². The smallest absolute Gasteiger partial charge is 0.306 e. The summed E-state index contributed by atoms with van der Waals surface area (Å²) >= 11 is 1.47. The number of amides is 1. The Bertz CT molecular complexity index is 2390. The van der Waals surface area contributed by atoms with Gasteiger partial charge in [0.05, 0.1) is 61.7 Å². The van der Waals surface area contributed by atoms with Gasteiger partial charge in [-0.15, -0.1) is 17.9 Å². The van der Waals surface area contributed by atoms with Gasteiger partial charge in [0.15, 0.2) is 10.9 Å². The summed E-state index contributed by atoms with van der Waals surface area (Å²) in [6.45, 7) is 13.8. The van der Waals surface area contributed by atoms with Gasteiger partial charge in [-0.25, -0.2) is 9.97 Å². The Morgan fingerprint density at radius 3 is 2.43 bits per heavy atom. The van der Waals surface area contributed by atoms with Crippen molar-refractivity contribution in [1.29, 1.82) is 0 Å². The van der Waals surface area contributed by atoms with Gasteiger partial charge in [-0.05, 0) is 87.1 Å². The highest BCUT2D eigenvalue weighted by Crippen LogP contribution is 2.74. The number of methoxy groups -OCH3 is 2. The van der Waals surface area contributed by atoms with Crippen LogP contribution in [0.3, 0.4) is 0 Å². The Balaban J connectivity index is 1.22. The van der Waals surface area contributed by atoms with E-state index in [4.69, 9.17) is 28.9 Å². The third-order valence-electron chi connectivity index (χ3n) is 12.8. The molecule has 0 bridgehead atoms. The molecule has 2 N–H and O–H groups in total. The van der Waals surface area contributed by atoms with Crippen molar-refractivity contribution in [3.05, 3.63) is 72.1 Å². The fourth-order valence-corrected chi connectivity index (χ4v) is 12.5. The predicted octanol–water partition coefficient (Wildman–Crippen LogP) is 9.46. The van der Waals surface area contributed by atoms with Gasteiger partial charge in [0.1, 0.15) is 35.2 Å². The molecule has 1 saturated heterocycles. The lowest BCUT2D eigenvalue weighted by Crippen LogP contribution is -2.48. The minimum Gasteiger partial charge on any atom is -0.497 e. The fraction of sp³-hybridized carbons (Fsp3) is 0.521.